The highest BCUT2D eigenvalue weighted by molar-refractivity contribution is 7.18. The summed E-state index contributed by atoms with van der Waals surface area (Å²) >= 11 is 1.44. The Morgan fingerprint density at radius 3 is 2.81 bits per heavy atom. The molecule has 2 rings (SSSR count). The summed E-state index contributed by atoms with van der Waals surface area (Å²) in [6.07, 6.45) is 4.92. The van der Waals surface area contributed by atoms with Crippen LogP contribution in [-0.2, 0) is 0 Å². The average molecular weight is 310 g/mol. The third-order valence-corrected chi connectivity index (χ3v) is 4.79. The van der Waals surface area contributed by atoms with Crippen LogP contribution >= 0.6 is 11.3 Å². The van der Waals surface area contributed by atoms with E-state index in [4.69, 9.17) is 5.73 Å². The molecule has 0 bridgehead atoms. The zero-order valence-corrected chi connectivity index (χ0v) is 13.6. The lowest BCUT2D eigenvalue weighted by molar-refractivity contribution is 0.0958. The maximum absolute atomic E-state index is 11.9. The van der Waals surface area contributed by atoms with E-state index in [1.165, 1.54) is 43.7 Å². The van der Waals surface area contributed by atoms with E-state index in [9.17, 15) is 4.79 Å². The van der Waals surface area contributed by atoms with Crippen LogP contribution in [0.3, 0.4) is 0 Å². The Morgan fingerprint density at radius 2 is 2.10 bits per heavy atom. The lowest BCUT2D eigenvalue weighted by Gasteiger charge is -2.26. The predicted molar refractivity (Wildman–Crippen MR) is 90.1 cm³/mol. The Kier molecular flexibility index (Phi) is 6.32. The van der Waals surface area contributed by atoms with Crippen molar-refractivity contribution in [2.24, 2.45) is 0 Å². The van der Waals surface area contributed by atoms with E-state index < -0.39 is 0 Å². The van der Waals surface area contributed by atoms with Crippen LogP contribution in [0.15, 0.2) is 6.07 Å². The maximum Gasteiger partial charge on any atom is 0.263 e. The summed E-state index contributed by atoms with van der Waals surface area (Å²) in [6.45, 7) is 7.09. The van der Waals surface area contributed by atoms with Crippen molar-refractivity contribution in [1.82, 2.24) is 10.2 Å². The molecule has 0 aliphatic carbocycles. The molecule has 1 aromatic heterocycles. The fourth-order valence-electron chi connectivity index (χ4n) is 2.51. The molecule has 6 heteroatoms. The molecule has 1 saturated heterocycles. The van der Waals surface area contributed by atoms with Gasteiger partial charge < -0.3 is 21.3 Å². The lowest BCUT2D eigenvalue weighted by Crippen LogP contribution is -2.33. The van der Waals surface area contributed by atoms with Crippen molar-refractivity contribution in [2.75, 3.05) is 43.8 Å². The summed E-state index contributed by atoms with van der Waals surface area (Å²) in [6, 6.07) is 1.86. The fraction of sp³-hybridized carbons (Fsp3) is 0.667. The number of hydrogen-bond donors (Lipinski definition) is 3. The van der Waals surface area contributed by atoms with Gasteiger partial charge in [-0.15, -0.1) is 11.3 Å². The molecule has 0 spiro atoms. The van der Waals surface area contributed by atoms with Crippen molar-refractivity contribution in [1.29, 1.82) is 0 Å². The standard InChI is InChI=1S/C15H26N4OS/c1-2-6-18-15(20)14-12(16)11-13(21-14)17-7-10-19-8-4-3-5-9-19/h11,17H,2-10,16H2,1H3,(H,18,20). The molecule has 4 N–H and O–H groups in total. The van der Waals surface area contributed by atoms with Gasteiger partial charge in [0, 0.05) is 19.6 Å². The molecule has 5 nitrogen and oxygen atoms in total. The van der Waals surface area contributed by atoms with Crippen LogP contribution in [0.5, 0.6) is 0 Å². The molecule has 1 aliphatic heterocycles. The molecule has 1 aliphatic rings. The van der Waals surface area contributed by atoms with E-state index in [-0.39, 0.29) is 5.91 Å². The zero-order chi connectivity index (χ0) is 15.1. The van der Waals surface area contributed by atoms with Gasteiger partial charge in [-0.25, -0.2) is 0 Å². The number of carbonyl (C=O) groups is 1. The van der Waals surface area contributed by atoms with E-state index in [1.807, 2.05) is 13.0 Å². The number of thiophene rings is 1. The summed E-state index contributed by atoms with van der Waals surface area (Å²) in [5, 5.41) is 7.22. The first kappa shape index (κ1) is 16.1. The van der Waals surface area contributed by atoms with E-state index >= 15 is 0 Å². The summed E-state index contributed by atoms with van der Waals surface area (Å²) in [7, 11) is 0. The summed E-state index contributed by atoms with van der Waals surface area (Å²) < 4.78 is 0. The Bertz CT molecular complexity index is 455. The zero-order valence-electron chi connectivity index (χ0n) is 12.8. The highest BCUT2D eigenvalue weighted by atomic mass is 32.1. The van der Waals surface area contributed by atoms with Gasteiger partial charge in [0.1, 0.15) is 4.88 Å². The Labute approximate surface area is 130 Å². The molecule has 0 aromatic carbocycles. The van der Waals surface area contributed by atoms with Gasteiger partial charge in [-0.1, -0.05) is 13.3 Å². The highest BCUT2D eigenvalue weighted by Gasteiger charge is 2.14. The third-order valence-electron chi connectivity index (χ3n) is 3.68. The SMILES string of the molecule is CCCNC(=O)c1sc(NCCN2CCCCC2)cc1N. The topological polar surface area (TPSA) is 70.4 Å². The number of nitrogens with one attached hydrogen (secondary N) is 2. The van der Waals surface area contributed by atoms with Crippen LogP contribution in [0.2, 0.25) is 0 Å². The second-order valence-corrected chi connectivity index (χ2v) is 6.53. The van der Waals surface area contributed by atoms with Crippen molar-refractivity contribution < 1.29 is 4.79 Å². The number of anilines is 2. The summed E-state index contributed by atoms with van der Waals surface area (Å²) in [5.41, 5.74) is 6.49. The van der Waals surface area contributed by atoms with Crippen molar-refractivity contribution in [3.8, 4) is 0 Å². The minimum atomic E-state index is -0.0663. The van der Waals surface area contributed by atoms with Crippen molar-refractivity contribution in [3.63, 3.8) is 0 Å². The van der Waals surface area contributed by atoms with Gasteiger partial charge in [0.25, 0.3) is 5.91 Å². The monoisotopic (exact) mass is 310 g/mol. The molecular formula is C15H26N4OS. The first-order valence-electron chi connectivity index (χ1n) is 7.84. The van der Waals surface area contributed by atoms with E-state index in [2.05, 4.69) is 15.5 Å². The number of piperidine rings is 1. The van der Waals surface area contributed by atoms with E-state index in [1.54, 1.807) is 0 Å². The minimum absolute atomic E-state index is 0.0663. The number of nitrogen functional groups attached to an aromatic ring is 1. The van der Waals surface area contributed by atoms with Crippen LogP contribution in [0.4, 0.5) is 10.7 Å². The number of nitrogens with zero attached hydrogens (tertiary/aromatic N) is 1. The second-order valence-electron chi connectivity index (χ2n) is 5.48. The second kappa shape index (κ2) is 8.24. The fourth-order valence-corrected chi connectivity index (χ4v) is 3.43. The Morgan fingerprint density at radius 1 is 1.33 bits per heavy atom. The molecule has 21 heavy (non-hydrogen) atoms. The van der Waals surface area contributed by atoms with Crippen LogP contribution in [0.25, 0.3) is 0 Å². The van der Waals surface area contributed by atoms with Crippen LogP contribution in [0.1, 0.15) is 42.3 Å². The molecule has 0 radical (unpaired) electrons. The maximum atomic E-state index is 11.9. The van der Waals surface area contributed by atoms with Gasteiger partial charge in [-0.3, -0.25) is 4.79 Å². The molecule has 1 amide bonds. The van der Waals surface area contributed by atoms with Crippen LogP contribution in [-0.4, -0.2) is 43.5 Å². The summed E-state index contributed by atoms with van der Waals surface area (Å²) in [4.78, 5) is 15.0. The highest BCUT2D eigenvalue weighted by Crippen LogP contribution is 2.28. The molecule has 0 saturated carbocycles. The molecular weight excluding hydrogens is 284 g/mol. The van der Waals surface area contributed by atoms with Crippen molar-refractivity contribution in [3.05, 3.63) is 10.9 Å². The predicted octanol–water partition coefficient (Wildman–Crippen LogP) is 2.37. The Hall–Kier alpha value is -1.27. The molecule has 0 atom stereocenters. The van der Waals surface area contributed by atoms with Gasteiger partial charge >= 0.3 is 0 Å². The van der Waals surface area contributed by atoms with Crippen molar-refractivity contribution >= 4 is 27.9 Å². The van der Waals surface area contributed by atoms with Gasteiger partial charge in [0.15, 0.2) is 0 Å². The van der Waals surface area contributed by atoms with Gasteiger partial charge in [-0.2, -0.15) is 0 Å². The lowest BCUT2D eigenvalue weighted by atomic mass is 10.1. The molecule has 0 unspecified atom stereocenters. The Balaban J connectivity index is 1.79. The van der Waals surface area contributed by atoms with Crippen LogP contribution < -0.4 is 16.4 Å². The first-order valence-corrected chi connectivity index (χ1v) is 8.66. The quantitative estimate of drug-likeness (QED) is 0.723. The minimum Gasteiger partial charge on any atom is -0.397 e. The molecule has 2 heterocycles. The first-order chi connectivity index (χ1) is 10.2. The largest absolute Gasteiger partial charge is 0.397 e. The average Bonchev–Trinajstić information content (AvgIpc) is 2.87. The van der Waals surface area contributed by atoms with Crippen molar-refractivity contribution in [2.45, 2.75) is 32.6 Å². The van der Waals surface area contributed by atoms with E-state index in [0.29, 0.717) is 17.1 Å². The number of nitrogens with two attached hydrogens (primary N) is 1. The third kappa shape index (κ3) is 4.89. The molecule has 118 valence electrons. The number of hydrogen-bond acceptors (Lipinski definition) is 5. The smallest absolute Gasteiger partial charge is 0.263 e. The molecule has 1 fully saturated rings. The molecule has 1 aromatic rings. The number of rotatable bonds is 7. The van der Waals surface area contributed by atoms with Gasteiger partial charge in [0.05, 0.1) is 10.7 Å². The normalized spacial score (nSPS) is 15.9. The van der Waals surface area contributed by atoms with Gasteiger partial charge in [-0.05, 0) is 38.4 Å². The van der Waals surface area contributed by atoms with E-state index in [0.717, 1.165) is 24.5 Å². The summed E-state index contributed by atoms with van der Waals surface area (Å²) in [5.74, 6) is -0.0663. The number of carbonyl (C=O) groups excluding carboxylic acids is 1. The number of amides is 1. The van der Waals surface area contributed by atoms with Crippen LogP contribution in [0, 0.1) is 0 Å². The number of likely N-dealkylation sites (tertiary alicyclic amines) is 1. The van der Waals surface area contributed by atoms with Gasteiger partial charge in [0.2, 0.25) is 0 Å².